The van der Waals surface area contributed by atoms with Gasteiger partial charge in [-0.15, -0.1) is 0 Å². The number of nitrogens with zero attached hydrogens (tertiary/aromatic N) is 2. The fourth-order valence-corrected chi connectivity index (χ4v) is 3.15. The summed E-state index contributed by atoms with van der Waals surface area (Å²) < 4.78 is 0. The summed E-state index contributed by atoms with van der Waals surface area (Å²) in [6.45, 7) is 14.2. The van der Waals surface area contributed by atoms with Crippen molar-refractivity contribution in [3.63, 3.8) is 0 Å². The quantitative estimate of drug-likeness (QED) is 0.390. The minimum absolute atomic E-state index is 0.232. The lowest BCUT2D eigenvalue weighted by Gasteiger charge is -2.27. The molecule has 2 saturated heterocycles. The molecular weight excluding hydrogens is 292 g/mol. The number of hydrogen-bond acceptors (Lipinski definition) is 7. The van der Waals surface area contributed by atoms with Gasteiger partial charge in [0, 0.05) is 91.6 Å². The SMILES string of the molecule is OC(CCN1CCNCCNCC1)CN1CCNCCNCC1. The second-order valence-electron chi connectivity index (χ2n) is 6.58. The van der Waals surface area contributed by atoms with Crippen LogP contribution in [0.3, 0.4) is 0 Å². The number of nitrogens with one attached hydrogen (secondary N) is 4. The molecule has 5 N–H and O–H groups in total. The van der Waals surface area contributed by atoms with Gasteiger partial charge in [-0.3, -0.25) is 4.90 Å². The zero-order valence-electron chi connectivity index (χ0n) is 14.5. The van der Waals surface area contributed by atoms with Gasteiger partial charge in [-0.1, -0.05) is 0 Å². The molecule has 2 fully saturated rings. The van der Waals surface area contributed by atoms with E-state index in [2.05, 4.69) is 31.1 Å². The van der Waals surface area contributed by atoms with Gasteiger partial charge >= 0.3 is 0 Å². The summed E-state index contributed by atoms with van der Waals surface area (Å²) in [6, 6.07) is 0. The molecule has 0 radical (unpaired) electrons. The molecule has 0 saturated carbocycles. The van der Waals surface area contributed by atoms with E-state index in [1.54, 1.807) is 0 Å². The molecule has 23 heavy (non-hydrogen) atoms. The van der Waals surface area contributed by atoms with Crippen molar-refractivity contribution < 1.29 is 5.11 Å². The third-order valence-corrected chi connectivity index (χ3v) is 4.62. The number of hydrogen-bond donors (Lipinski definition) is 5. The molecule has 0 aromatic rings. The smallest absolute Gasteiger partial charge is 0.0679 e. The van der Waals surface area contributed by atoms with Crippen LogP contribution in [0.2, 0.25) is 0 Å². The zero-order valence-corrected chi connectivity index (χ0v) is 14.5. The largest absolute Gasteiger partial charge is 0.392 e. The van der Waals surface area contributed by atoms with Gasteiger partial charge in [0.05, 0.1) is 6.10 Å². The number of β-amino-alcohol motifs (C(OH)–C–C–N with tert-alkyl or cyclic N) is 1. The van der Waals surface area contributed by atoms with Crippen molar-refractivity contribution in [3.05, 3.63) is 0 Å². The van der Waals surface area contributed by atoms with E-state index in [1.165, 1.54) is 0 Å². The summed E-state index contributed by atoms with van der Waals surface area (Å²) >= 11 is 0. The summed E-state index contributed by atoms with van der Waals surface area (Å²) in [5.74, 6) is 0. The van der Waals surface area contributed by atoms with Crippen molar-refractivity contribution >= 4 is 0 Å². The third kappa shape index (κ3) is 8.95. The van der Waals surface area contributed by atoms with Gasteiger partial charge in [-0.25, -0.2) is 0 Å². The molecule has 2 heterocycles. The van der Waals surface area contributed by atoms with E-state index < -0.39 is 0 Å². The molecule has 1 unspecified atom stereocenters. The fraction of sp³-hybridized carbons (Fsp3) is 1.00. The van der Waals surface area contributed by atoms with Crippen molar-refractivity contribution in [2.45, 2.75) is 12.5 Å². The van der Waals surface area contributed by atoms with E-state index in [0.29, 0.717) is 0 Å². The normalized spacial score (nSPS) is 25.4. The molecule has 0 bridgehead atoms. The van der Waals surface area contributed by atoms with E-state index in [-0.39, 0.29) is 6.10 Å². The number of aliphatic hydroxyl groups is 1. The Morgan fingerprint density at radius 3 is 1.57 bits per heavy atom. The fourth-order valence-electron chi connectivity index (χ4n) is 3.15. The van der Waals surface area contributed by atoms with Crippen molar-refractivity contribution in [1.82, 2.24) is 31.1 Å². The number of aliphatic hydroxyl groups excluding tert-OH is 1. The zero-order chi connectivity index (χ0) is 16.2. The Balaban J connectivity index is 1.64. The first-order valence-electron chi connectivity index (χ1n) is 9.30. The molecule has 7 nitrogen and oxygen atoms in total. The highest BCUT2D eigenvalue weighted by Crippen LogP contribution is 2.00. The Kier molecular flexibility index (Phi) is 10.1. The van der Waals surface area contributed by atoms with E-state index in [0.717, 1.165) is 98.0 Å². The average molecular weight is 329 g/mol. The first kappa shape index (κ1) is 19.1. The van der Waals surface area contributed by atoms with Crippen molar-refractivity contribution in [2.24, 2.45) is 0 Å². The molecule has 1 atom stereocenters. The van der Waals surface area contributed by atoms with Crippen LogP contribution in [-0.2, 0) is 0 Å². The summed E-state index contributed by atoms with van der Waals surface area (Å²) in [5.41, 5.74) is 0. The Morgan fingerprint density at radius 1 is 0.652 bits per heavy atom. The predicted octanol–water partition coefficient (Wildman–Crippen LogP) is -2.27. The topological polar surface area (TPSA) is 74.8 Å². The third-order valence-electron chi connectivity index (χ3n) is 4.62. The van der Waals surface area contributed by atoms with Crippen LogP contribution in [0.1, 0.15) is 6.42 Å². The van der Waals surface area contributed by atoms with Crippen molar-refractivity contribution in [3.8, 4) is 0 Å². The maximum absolute atomic E-state index is 10.4. The molecular formula is C16H36N6O. The molecule has 0 aromatic heterocycles. The summed E-state index contributed by atoms with van der Waals surface area (Å²) in [6.07, 6.45) is 0.626. The van der Waals surface area contributed by atoms with Gasteiger partial charge in [0.1, 0.15) is 0 Å². The standard InChI is InChI=1S/C16H36N6O/c23-16(15-22-13-8-19-4-5-20-9-14-22)1-10-21-11-6-17-2-3-18-7-12-21/h16-20,23H,1-15H2. The van der Waals surface area contributed by atoms with Crippen LogP contribution in [0.5, 0.6) is 0 Å². The molecule has 0 aromatic carbocycles. The van der Waals surface area contributed by atoms with Gasteiger partial charge in [0.2, 0.25) is 0 Å². The molecule has 2 rings (SSSR count). The van der Waals surface area contributed by atoms with E-state index >= 15 is 0 Å². The van der Waals surface area contributed by atoms with Crippen LogP contribution in [0.4, 0.5) is 0 Å². The van der Waals surface area contributed by atoms with E-state index in [9.17, 15) is 5.11 Å². The first-order valence-corrected chi connectivity index (χ1v) is 9.30. The lowest BCUT2D eigenvalue weighted by Crippen LogP contribution is -2.41. The first-order chi connectivity index (χ1) is 11.3. The van der Waals surface area contributed by atoms with Gasteiger partial charge in [-0.2, -0.15) is 0 Å². The van der Waals surface area contributed by atoms with Gasteiger partial charge in [-0.05, 0) is 6.42 Å². The van der Waals surface area contributed by atoms with Crippen molar-refractivity contribution in [2.75, 3.05) is 91.6 Å². The minimum atomic E-state index is -0.232. The molecule has 0 spiro atoms. The van der Waals surface area contributed by atoms with E-state index in [1.807, 2.05) is 0 Å². The molecule has 0 amide bonds. The van der Waals surface area contributed by atoms with Gasteiger partial charge < -0.3 is 31.3 Å². The molecule has 136 valence electrons. The Morgan fingerprint density at radius 2 is 1.09 bits per heavy atom. The molecule has 2 aliphatic heterocycles. The summed E-state index contributed by atoms with van der Waals surface area (Å²) in [4.78, 5) is 4.83. The monoisotopic (exact) mass is 328 g/mol. The summed E-state index contributed by atoms with van der Waals surface area (Å²) in [7, 11) is 0. The van der Waals surface area contributed by atoms with Crippen molar-refractivity contribution in [1.29, 1.82) is 0 Å². The Bertz CT molecular complexity index is 274. The average Bonchev–Trinajstić information content (AvgIpc) is 2.76. The Hall–Kier alpha value is -0.280. The molecule has 0 aliphatic carbocycles. The molecule has 2 aliphatic rings. The number of rotatable bonds is 5. The minimum Gasteiger partial charge on any atom is -0.392 e. The van der Waals surface area contributed by atoms with Gasteiger partial charge in [0.25, 0.3) is 0 Å². The maximum Gasteiger partial charge on any atom is 0.0679 e. The van der Waals surface area contributed by atoms with Crippen LogP contribution in [0.25, 0.3) is 0 Å². The lowest BCUT2D eigenvalue weighted by molar-refractivity contribution is 0.0945. The second kappa shape index (κ2) is 12.1. The van der Waals surface area contributed by atoms with Gasteiger partial charge in [0.15, 0.2) is 0 Å². The molecule has 7 heteroatoms. The van der Waals surface area contributed by atoms with E-state index in [4.69, 9.17) is 0 Å². The maximum atomic E-state index is 10.4. The van der Waals surface area contributed by atoms with Crippen LogP contribution in [-0.4, -0.2) is 113 Å². The van der Waals surface area contributed by atoms with Crippen LogP contribution >= 0.6 is 0 Å². The van der Waals surface area contributed by atoms with Crippen LogP contribution in [0.15, 0.2) is 0 Å². The van der Waals surface area contributed by atoms with Crippen LogP contribution < -0.4 is 21.3 Å². The lowest BCUT2D eigenvalue weighted by atomic mass is 10.2. The van der Waals surface area contributed by atoms with Crippen LogP contribution in [0, 0.1) is 0 Å². The Labute approximate surface area is 141 Å². The summed E-state index contributed by atoms with van der Waals surface area (Å²) in [5, 5.41) is 24.1. The predicted molar refractivity (Wildman–Crippen MR) is 95.0 cm³/mol. The highest BCUT2D eigenvalue weighted by atomic mass is 16.3. The highest BCUT2D eigenvalue weighted by molar-refractivity contribution is 4.72. The highest BCUT2D eigenvalue weighted by Gasteiger charge is 2.14. The second-order valence-corrected chi connectivity index (χ2v) is 6.58.